The van der Waals surface area contributed by atoms with Gasteiger partial charge in [-0.3, -0.25) is 13.9 Å². The van der Waals surface area contributed by atoms with Crippen LogP contribution in [0.15, 0.2) is 66.7 Å². The van der Waals surface area contributed by atoms with Gasteiger partial charge in [0.2, 0.25) is 21.8 Å². The van der Waals surface area contributed by atoms with Gasteiger partial charge in [0.1, 0.15) is 12.6 Å². The van der Waals surface area contributed by atoms with Crippen molar-refractivity contribution in [1.82, 2.24) is 10.2 Å². The molecule has 1 atom stereocenters. The second kappa shape index (κ2) is 13.5. The highest BCUT2D eigenvalue weighted by Gasteiger charge is 2.34. The standard InChI is InChI=1S/C30H35Cl2N3O4S/c1-20(2)33-30(37)27(17-23-12-7-6-8-13-23)34(18-24-14-15-25(31)26(32)16-24)28(36)19-35(40(5,38)39)29-21(3)10-9-11-22(29)4/h6-16,20,27H,17-19H2,1-5H3,(H,33,37). The summed E-state index contributed by atoms with van der Waals surface area (Å²) in [6.45, 7) is 6.82. The summed E-state index contributed by atoms with van der Waals surface area (Å²) >= 11 is 12.4. The number of benzene rings is 3. The number of carbonyl (C=O) groups is 2. The maximum atomic E-state index is 14.2. The Kier molecular flexibility index (Phi) is 10.6. The van der Waals surface area contributed by atoms with Gasteiger partial charge in [0, 0.05) is 19.0 Å². The van der Waals surface area contributed by atoms with Gasteiger partial charge in [-0.2, -0.15) is 0 Å². The van der Waals surface area contributed by atoms with E-state index in [0.717, 1.165) is 16.1 Å². The molecule has 0 aliphatic heterocycles. The number of halogens is 2. The number of hydrogen-bond acceptors (Lipinski definition) is 4. The van der Waals surface area contributed by atoms with Crippen molar-refractivity contribution >= 4 is 50.7 Å². The minimum absolute atomic E-state index is 0.0170. The molecule has 1 unspecified atom stereocenters. The van der Waals surface area contributed by atoms with Crippen molar-refractivity contribution in [2.75, 3.05) is 17.1 Å². The van der Waals surface area contributed by atoms with Crippen molar-refractivity contribution in [1.29, 1.82) is 0 Å². The predicted molar refractivity (Wildman–Crippen MR) is 162 cm³/mol. The zero-order valence-corrected chi connectivity index (χ0v) is 25.6. The molecule has 0 aromatic heterocycles. The fourth-order valence-corrected chi connectivity index (χ4v) is 5.83. The van der Waals surface area contributed by atoms with E-state index in [1.165, 1.54) is 4.90 Å². The molecule has 0 radical (unpaired) electrons. The van der Waals surface area contributed by atoms with E-state index in [4.69, 9.17) is 23.2 Å². The molecule has 1 N–H and O–H groups in total. The van der Waals surface area contributed by atoms with Gasteiger partial charge < -0.3 is 10.2 Å². The van der Waals surface area contributed by atoms with Crippen LogP contribution in [0, 0.1) is 13.8 Å². The Bertz CT molecular complexity index is 1440. The molecule has 3 rings (SSSR count). The van der Waals surface area contributed by atoms with Gasteiger partial charge in [0.05, 0.1) is 22.0 Å². The van der Waals surface area contributed by atoms with E-state index in [9.17, 15) is 18.0 Å². The molecule has 0 aliphatic carbocycles. The number of nitrogens with zero attached hydrogens (tertiary/aromatic N) is 2. The second-order valence-electron chi connectivity index (χ2n) is 10.1. The predicted octanol–water partition coefficient (Wildman–Crippen LogP) is 5.54. The number of para-hydroxylation sites is 1. The molecule has 0 saturated carbocycles. The lowest BCUT2D eigenvalue weighted by Gasteiger charge is -2.34. The molecule has 0 heterocycles. The number of carbonyl (C=O) groups excluding carboxylic acids is 2. The van der Waals surface area contributed by atoms with E-state index >= 15 is 0 Å². The van der Waals surface area contributed by atoms with Gasteiger partial charge in [-0.05, 0) is 62.1 Å². The average molecular weight is 605 g/mol. The highest BCUT2D eigenvalue weighted by atomic mass is 35.5. The molecule has 40 heavy (non-hydrogen) atoms. The Balaban J connectivity index is 2.11. The zero-order chi connectivity index (χ0) is 29.6. The molecule has 0 aliphatic rings. The number of amides is 2. The Morgan fingerprint density at radius 1 is 0.875 bits per heavy atom. The van der Waals surface area contributed by atoms with Crippen molar-refractivity contribution in [2.24, 2.45) is 0 Å². The highest BCUT2D eigenvalue weighted by Crippen LogP contribution is 2.28. The molecule has 3 aromatic rings. The van der Waals surface area contributed by atoms with Gasteiger partial charge in [-0.15, -0.1) is 0 Å². The van der Waals surface area contributed by atoms with Gasteiger partial charge in [-0.1, -0.05) is 77.8 Å². The van der Waals surface area contributed by atoms with Gasteiger partial charge in [0.25, 0.3) is 0 Å². The summed E-state index contributed by atoms with van der Waals surface area (Å²) in [7, 11) is -3.85. The molecule has 10 heteroatoms. The summed E-state index contributed by atoms with van der Waals surface area (Å²) < 4.78 is 27.2. The number of sulfonamides is 1. The Labute approximate surface area is 247 Å². The molecule has 0 fully saturated rings. The first kappa shape index (κ1) is 31.5. The van der Waals surface area contributed by atoms with Crippen molar-refractivity contribution < 1.29 is 18.0 Å². The highest BCUT2D eigenvalue weighted by molar-refractivity contribution is 7.92. The molecule has 7 nitrogen and oxygen atoms in total. The minimum Gasteiger partial charge on any atom is -0.352 e. The maximum absolute atomic E-state index is 14.2. The molecular formula is C30H35Cl2N3O4S. The van der Waals surface area contributed by atoms with Gasteiger partial charge in [-0.25, -0.2) is 8.42 Å². The first-order valence-corrected chi connectivity index (χ1v) is 15.5. The molecule has 0 bridgehead atoms. The van der Waals surface area contributed by atoms with Crippen LogP contribution in [0.2, 0.25) is 10.0 Å². The summed E-state index contributed by atoms with van der Waals surface area (Å²) in [5.41, 5.74) is 3.38. The Hall–Kier alpha value is -3.07. The van der Waals surface area contributed by atoms with Crippen molar-refractivity contribution in [3.05, 3.63) is 99.0 Å². The number of anilines is 1. The normalized spacial score (nSPS) is 12.2. The first-order chi connectivity index (χ1) is 18.8. The smallest absolute Gasteiger partial charge is 0.244 e. The topological polar surface area (TPSA) is 86.8 Å². The molecule has 0 saturated heterocycles. The lowest BCUT2D eigenvalue weighted by atomic mass is 10.0. The quantitative estimate of drug-likeness (QED) is 0.312. The lowest BCUT2D eigenvalue weighted by Crippen LogP contribution is -2.54. The van der Waals surface area contributed by atoms with E-state index in [-0.39, 0.29) is 24.9 Å². The van der Waals surface area contributed by atoms with Crippen molar-refractivity contribution in [2.45, 2.75) is 52.7 Å². The van der Waals surface area contributed by atoms with Crippen LogP contribution in [0.3, 0.4) is 0 Å². The second-order valence-corrected chi connectivity index (χ2v) is 12.9. The monoisotopic (exact) mass is 603 g/mol. The summed E-state index contributed by atoms with van der Waals surface area (Å²) in [6, 6.07) is 18.7. The summed E-state index contributed by atoms with van der Waals surface area (Å²) in [6.07, 6.45) is 1.30. The largest absolute Gasteiger partial charge is 0.352 e. The number of aryl methyl sites for hydroxylation is 2. The van der Waals surface area contributed by atoms with Crippen molar-refractivity contribution in [3.8, 4) is 0 Å². The third kappa shape index (κ3) is 8.22. The molecular weight excluding hydrogens is 569 g/mol. The Morgan fingerprint density at radius 2 is 1.50 bits per heavy atom. The van der Waals surface area contributed by atoms with E-state index in [0.29, 0.717) is 32.4 Å². The first-order valence-electron chi connectivity index (χ1n) is 12.9. The third-order valence-corrected chi connectivity index (χ3v) is 8.26. The molecule has 0 spiro atoms. The third-order valence-electron chi connectivity index (χ3n) is 6.41. The van der Waals surface area contributed by atoms with Crippen LogP contribution in [-0.2, 0) is 32.6 Å². The number of nitrogens with one attached hydrogen (secondary N) is 1. The Morgan fingerprint density at radius 3 is 2.05 bits per heavy atom. The fourth-order valence-electron chi connectivity index (χ4n) is 4.54. The van der Waals surface area contributed by atoms with E-state index in [2.05, 4.69) is 5.32 Å². The van der Waals surface area contributed by atoms with Gasteiger partial charge in [0.15, 0.2) is 0 Å². The summed E-state index contributed by atoms with van der Waals surface area (Å²) in [5.74, 6) is -0.871. The summed E-state index contributed by atoms with van der Waals surface area (Å²) in [5, 5.41) is 3.60. The molecule has 2 amide bonds. The van der Waals surface area contributed by atoms with E-state index < -0.39 is 28.5 Å². The number of rotatable bonds is 11. The average Bonchev–Trinajstić information content (AvgIpc) is 2.87. The lowest BCUT2D eigenvalue weighted by molar-refractivity contribution is -0.140. The zero-order valence-electron chi connectivity index (χ0n) is 23.3. The van der Waals surface area contributed by atoms with Crippen LogP contribution in [-0.4, -0.2) is 50.0 Å². The van der Waals surface area contributed by atoms with Gasteiger partial charge >= 0.3 is 0 Å². The summed E-state index contributed by atoms with van der Waals surface area (Å²) in [4.78, 5) is 29.2. The van der Waals surface area contributed by atoms with E-state index in [1.54, 1.807) is 44.2 Å². The van der Waals surface area contributed by atoms with Crippen LogP contribution in [0.1, 0.15) is 36.1 Å². The molecule has 3 aromatic carbocycles. The van der Waals surface area contributed by atoms with Crippen molar-refractivity contribution in [3.63, 3.8) is 0 Å². The maximum Gasteiger partial charge on any atom is 0.244 e. The van der Waals surface area contributed by atoms with Crippen LogP contribution >= 0.6 is 23.2 Å². The van der Waals surface area contributed by atoms with E-state index in [1.807, 2.05) is 50.2 Å². The van der Waals surface area contributed by atoms with Crippen LogP contribution in [0.25, 0.3) is 0 Å². The minimum atomic E-state index is -3.85. The van der Waals surface area contributed by atoms with Crippen LogP contribution in [0.5, 0.6) is 0 Å². The fraction of sp³-hybridized carbons (Fsp3) is 0.333. The van der Waals surface area contributed by atoms with Crippen LogP contribution in [0.4, 0.5) is 5.69 Å². The number of hydrogen-bond donors (Lipinski definition) is 1. The molecule has 214 valence electrons. The van der Waals surface area contributed by atoms with Crippen LogP contribution < -0.4 is 9.62 Å². The SMILES string of the molecule is Cc1cccc(C)c1N(CC(=O)N(Cc1ccc(Cl)c(Cl)c1)C(Cc1ccccc1)C(=O)NC(C)C)S(C)(=O)=O.